The number of anilines is 1. The minimum Gasteiger partial charge on any atom is -0.492 e. The summed E-state index contributed by atoms with van der Waals surface area (Å²) < 4.78 is 11.2. The van der Waals surface area contributed by atoms with Gasteiger partial charge in [-0.2, -0.15) is 5.10 Å². The second-order valence-electron chi connectivity index (χ2n) is 6.53. The van der Waals surface area contributed by atoms with Crippen LogP contribution in [0, 0.1) is 0 Å². The fourth-order valence-electron chi connectivity index (χ4n) is 2.71. The van der Waals surface area contributed by atoms with Crippen molar-refractivity contribution in [2.24, 2.45) is 5.10 Å². The zero-order chi connectivity index (χ0) is 22.8. The van der Waals surface area contributed by atoms with Gasteiger partial charge in [0.1, 0.15) is 18.1 Å². The quantitative estimate of drug-likeness (QED) is 0.301. The van der Waals surface area contributed by atoms with Gasteiger partial charge in [0.15, 0.2) is 0 Å². The molecule has 0 fully saturated rings. The number of ether oxygens (including phenoxy) is 2. The number of nitrogens with one attached hydrogen (secondary N) is 2. The van der Waals surface area contributed by atoms with E-state index in [0.29, 0.717) is 41.0 Å². The van der Waals surface area contributed by atoms with Crippen LogP contribution in [0.3, 0.4) is 0 Å². The van der Waals surface area contributed by atoms with Gasteiger partial charge in [0.2, 0.25) is 0 Å². The second-order valence-corrected chi connectivity index (χ2v) is 6.94. The molecule has 2 N–H and O–H groups in total. The Bertz CT molecular complexity index is 1120. The molecule has 164 valence electrons. The van der Waals surface area contributed by atoms with Crippen LogP contribution in [0.25, 0.3) is 0 Å². The highest BCUT2D eigenvalue weighted by Crippen LogP contribution is 2.23. The molecule has 32 heavy (non-hydrogen) atoms. The molecular weight excluding hydrogens is 430 g/mol. The highest BCUT2D eigenvalue weighted by molar-refractivity contribution is 6.39. The molecular formula is C24H22ClN3O4. The highest BCUT2D eigenvalue weighted by Gasteiger charge is 2.15. The summed E-state index contributed by atoms with van der Waals surface area (Å²) in [5.41, 5.74) is 4.17. The molecule has 0 aliphatic rings. The van der Waals surface area contributed by atoms with Crippen LogP contribution >= 0.6 is 11.6 Å². The Kier molecular flexibility index (Phi) is 8.22. The number of carbonyl (C=O) groups excluding carboxylic acids is 2. The summed E-state index contributed by atoms with van der Waals surface area (Å²) in [5.74, 6) is -0.663. The summed E-state index contributed by atoms with van der Waals surface area (Å²) in [7, 11) is 0. The molecule has 3 aromatic rings. The van der Waals surface area contributed by atoms with E-state index in [4.69, 9.17) is 21.1 Å². The number of hydrogen-bond acceptors (Lipinski definition) is 5. The first-order chi connectivity index (χ1) is 15.6. The molecule has 0 saturated heterocycles. The van der Waals surface area contributed by atoms with Gasteiger partial charge in [-0.3, -0.25) is 9.59 Å². The minimum atomic E-state index is -0.904. The predicted octanol–water partition coefficient (Wildman–Crippen LogP) is 4.41. The van der Waals surface area contributed by atoms with E-state index in [1.807, 2.05) is 25.1 Å². The summed E-state index contributed by atoms with van der Waals surface area (Å²) in [6.45, 7) is 2.59. The van der Waals surface area contributed by atoms with Crippen LogP contribution in [0.2, 0.25) is 5.02 Å². The predicted molar refractivity (Wildman–Crippen MR) is 124 cm³/mol. The third-order valence-electron chi connectivity index (χ3n) is 4.23. The van der Waals surface area contributed by atoms with Gasteiger partial charge < -0.3 is 14.8 Å². The van der Waals surface area contributed by atoms with Crippen LogP contribution < -0.4 is 20.2 Å². The van der Waals surface area contributed by atoms with Crippen molar-refractivity contribution in [3.63, 3.8) is 0 Å². The summed E-state index contributed by atoms with van der Waals surface area (Å²) in [4.78, 5) is 24.2. The van der Waals surface area contributed by atoms with Gasteiger partial charge >= 0.3 is 11.8 Å². The van der Waals surface area contributed by atoms with Gasteiger partial charge in [0.05, 0.1) is 18.5 Å². The molecule has 0 unspecified atom stereocenters. The molecule has 2 amide bonds. The first kappa shape index (κ1) is 22.8. The molecule has 0 spiro atoms. The lowest BCUT2D eigenvalue weighted by Crippen LogP contribution is -2.32. The number of amides is 2. The lowest BCUT2D eigenvalue weighted by atomic mass is 10.2. The van der Waals surface area contributed by atoms with Crippen LogP contribution in [0.15, 0.2) is 77.9 Å². The Hall–Kier alpha value is -3.84. The van der Waals surface area contributed by atoms with E-state index in [1.54, 1.807) is 54.6 Å². The van der Waals surface area contributed by atoms with Crippen LogP contribution in [0.4, 0.5) is 5.69 Å². The molecule has 7 nitrogen and oxygen atoms in total. The lowest BCUT2D eigenvalue weighted by Gasteiger charge is -2.10. The van der Waals surface area contributed by atoms with Crippen LogP contribution in [-0.4, -0.2) is 24.6 Å². The largest absolute Gasteiger partial charge is 0.492 e. The van der Waals surface area contributed by atoms with E-state index >= 15 is 0 Å². The van der Waals surface area contributed by atoms with E-state index in [9.17, 15) is 9.59 Å². The molecule has 0 bridgehead atoms. The van der Waals surface area contributed by atoms with E-state index in [-0.39, 0.29) is 0 Å². The minimum absolute atomic E-state index is 0.320. The van der Waals surface area contributed by atoms with Crippen LogP contribution in [-0.2, 0) is 16.2 Å². The van der Waals surface area contributed by atoms with Crippen molar-refractivity contribution in [2.45, 2.75) is 13.5 Å². The van der Waals surface area contributed by atoms with E-state index in [1.165, 1.54) is 6.21 Å². The molecule has 0 radical (unpaired) electrons. The third kappa shape index (κ3) is 6.58. The zero-order valence-electron chi connectivity index (χ0n) is 17.4. The maximum atomic E-state index is 12.1. The number of rotatable bonds is 8. The Labute approximate surface area is 191 Å². The first-order valence-corrected chi connectivity index (χ1v) is 10.3. The fraction of sp³-hybridized carbons (Fsp3) is 0.125. The summed E-state index contributed by atoms with van der Waals surface area (Å²) in [5, 5.41) is 6.99. The van der Waals surface area contributed by atoms with Gasteiger partial charge in [-0.15, -0.1) is 0 Å². The zero-order valence-corrected chi connectivity index (χ0v) is 18.1. The van der Waals surface area contributed by atoms with E-state index in [2.05, 4.69) is 15.8 Å². The SMILES string of the molecule is CCOc1ccccc1NC(=O)C(=O)NN=Cc1cccc(OCc2ccccc2Cl)c1. The Morgan fingerprint density at radius 1 is 0.969 bits per heavy atom. The molecule has 8 heteroatoms. The monoisotopic (exact) mass is 451 g/mol. The smallest absolute Gasteiger partial charge is 0.329 e. The number of benzene rings is 3. The molecule has 0 heterocycles. The van der Waals surface area contributed by atoms with Crippen molar-refractivity contribution in [1.82, 2.24) is 5.43 Å². The summed E-state index contributed by atoms with van der Waals surface area (Å²) in [6, 6.07) is 21.4. The number of hydrogen-bond donors (Lipinski definition) is 2. The van der Waals surface area contributed by atoms with Gasteiger partial charge in [0, 0.05) is 10.6 Å². The van der Waals surface area contributed by atoms with Crippen molar-refractivity contribution in [3.05, 3.63) is 88.9 Å². The lowest BCUT2D eigenvalue weighted by molar-refractivity contribution is -0.136. The van der Waals surface area contributed by atoms with Crippen molar-refractivity contribution in [2.75, 3.05) is 11.9 Å². The molecule has 0 aliphatic heterocycles. The normalized spacial score (nSPS) is 10.6. The van der Waals surface area contributed by atoms with Gasteiger partial charge in [-0.25, -0.2) is 5.43 Å². The molecule has 0 aromatic heterocycles. The highest BCUT2D eigenvalue weighted by atomic mass is 35.5. The van der Waals surface area contributed by atoms with Gasteiger partial charge in [-0.05, 0) is 42.8 Å². The van der Waals surface area contributed by atoms with Gasteiger partial charge in [0.25, 0.3) is 0 Å². The maximum absolute atomic E-state index is 12.1. The average molecular weight is 452 g/mol. The average Bonchev–Trinajstić information content (AvgIpc) is 2.80. The van der Waals surface area contributed by atoms with E-state index < -0.39 is 11.8 Å². The molecule has 0 atom stereocenters. The van der Waals surface area contributed by atoms with E-state index in [0.717, 1.165) is 5.56 Å². The number of carbonyl (C=O) groups is 2. The summed E-state index contributed by atoms with van der Waals surface area (Å²) >= 11 is 6.14. The van der Waals surface area contributed by atoms with Crippen molar-refractivity contribution >= 4 is 35.3 Å². The Balaban J connectivity index is 1.54. The van der Waals surface area contributed by atoms with Crippen LogP contribution in [0.5, 0.6) is 11.5 Å². The maximum Gasteiger partial charge on any atom is 0.329 e. The molecule has 3 aromatic carbocycles. The first-order valence-electron chi connectivity index (χ1n) is 9.89. The molecule has 3 rings (SSSR count). The van der Waals surface area contributed by atoms with Crippen molar-refractivity contribution < 1.29 is 19.1 Å². The topological polar surface area (TPSA) is 89.0 Å². The number of hydrazone groups is 1. The second kappa shape index (κ2) is 11.5. The number of halogens is 1. The fourth-order valence-corrected chi connectivity index (χ4v) is 2.90. The van der Waals surface area contributed by atoms with Crippen LogP contribution in [0.1, 0.15) is 18.1 Å². The Morgan fingerprint density at radius 3 is 2.56 bits per heavy atom. The molecule has 0 aliphatic carbocycles. The van der Waals surface area contributed by atoms with Crippen molar-refractivity contribution in [1.29, 1.82) is 0 Å². The Morgan fingerprint density at radius 2 is 1.75 bits per heavy atom. The summed E-state index contributed by atoms with van der Waals surface area (Å²) in [6.07, 6.45) is 1.42. The standard InChI is InChI=1S/C24H22ClN3O4/c1-2-31-22-13-6-5-12-21(22)27-23(29)24(30)28-26-15-17-8-7-10-19(14-17)32-16-18-9-3-4-11-20(18)25/h3-15H,2,16H2,1H3,(H,27,29)(H,28,30). The number of nitrogens with zero attached hydrogens (tertiary/aromatic N) is 1. The van der Waals surface area contributed by atoms with Crippen molar-refractivity contribution in [3.8, 4) is 11.5 Å². The molecule has 0 saturated carbocycles. The van der Waals surface area contributed by atoms with Gasteiger partial charge in [-0.1, -0.05) is 54.1 Å². The third-order valence-corrected chi connectivity index (χ3v) is 4.60. The number of para-hydroxylation sites is 2.